The Morgan fingerprint density at radius 3 is 2.33 bits per heavy atom. The zero-order valence-electron chi connectivity index (χ0n) is 10.1. The summed E-state index contributed by atoms with van der Waals surface area (Å²) in [5, 5.41) is 0. The summed E-state index contributed by atoms with van der Waals surface area (Å²) in [6.45, 7) is 0.919. The van der Waals surface area contributed by atoms with Crippen molar-refractivity contribution in [1.29, 1.82) is 0 Å². The summed E-state index contributed by atoms with van der Waals surface area (Å²) < 4.78 is 29.2. The lowest BCUT2D eigenvalue weighted by Gasteiger charge is -2.02. The third kappa shape index (κ3) is 3.45. The molecule has 1 aromatic heterocycles. The van der Waals surface area contributed by atoms with Gasteiger partial charge in [0.05, 0.1) is 19.5 Å². The third-order valence-electron chi connectivity index (χ3n) is 2.49. The topological polar surface area (TPSA) is 48.3 Å². The molecule has 4 nitrogen and oxygen atoms in total. The molecule has 18 heavy (non-hydrogen) atoms. The molecule has 1 aromatic carbocycles. The minimum Gasteiger partial charge on any atom is -0.372 e. The maximum Gasteiger partial charge on any atom is 0.235 e. The Morgan fingerprint density at radius 1 is 1.06 bits per heavy atom. The largest absolute Gasteiger partial charge is 0.372 e. The van der Waals surface area contributed by atoms with Crippen LogP contribution in [0.4, 0.5) is 0 Å². The maximum atomic E-state index is 11.3. The van der Waals surface area contributed by atoms with E-state index in [4.69, 9.17) is 4.74 Å². The first kappa shape index (κ1) is 12.9. The van der Waals surface area contributed by atoms with Crippen molar-refractivity contribution < 1.29 is 13.2 Å². The molecule has 2 rings (SSSR count). The van der Waals surface area contributed by atoms with Gasteiger partial charge in [-0.1, -0.05) is 30.3 Å². The lowest BCUT2D eigenvalue weighted by Crippen LogP contribution is -2.06. The van der Waals surface area contributed by atoms with Crippen molar-refractivity contribution >= 4 is 10.0 Å². The summed E-state index contributed by atoms with van der Waals surface area (Å²) in [5.74, 6) is 0. The van der Waals surface area contributed by atoms with Gasteiger partial charge in [0, 0.05) is 12.4 Å². The van der Waals surface area contributed by atoms with Gasteiger partial charge >= 0.3 is 0 Å². The zero-order valence-corrected chi connectivity index (χ0v) is 10.9. The van der Waals surface area contributed by atoms with Crippen LogP contribution in [0.2, 0.25) is 0 Å². The first-order valence-electron chi connectivity index (χ1n) is 5.55. The molecule has 0 atom stereocenters. The molecule has 0 unspecified atom stereocenters. The molecule has 0 spiro atoms. The molecule has 0 N–H and O–H groups in total. The van der Waals surface area contributed by atoms with Gasteiger partial charge in [0.2, 0.25) is 10.0 Å². The lowest BCUT2D eigenvalue weighted by atomic mass is 10.2. The van der Waals surface area contributed by atoms with Crippen molar-refractivity contribution in [3.8, 4) is 0 Å². The van der Waals surface area contributed by atoms with Gasteiger partial charge in [-0.2, -0.15) is 0 Å². The van der Waals surface area contributed by atoms with E-state index in [1.54, 1.807) is 12.3 Å². The highest BCUT2D eigenvalue weighted by molar-refractivity contribution is 7.89. The fourth-order valence-corrected chi connectivity index (χ4v) is 2.18. The van der Waals surface area contributed by atoms with Crippen molar-refractivity contribution in [1.82, 2.24) is 3.97 Å². The Balaban J connectivity index is 1.90. The van der Waals surface area contributed by atoms with Crippen molar-refractivity contribution in [3.63, 3.8) is 0 Å². The predicted molar refractivity (Wildman–Crippen MR) is 69.6 cm³/mol. The fourth-order valence-electron chi connectivity index (χ4n) is 1.57. The molecule has 0 aliphatic carbocycles. The molecule has 0 bridgehead atoms. The molecule has 0 saturated carbocycles. The fraction of sp³-hybridized carbons (Fsp3) is 0.231. The standard InChI is InChI=1S/C13H15NO3S/c1-18(15,16)14-8-7-13(9-14)11-17-10-12-5-3-2-4-6-12/h2-9H,10-11H2,1H3. The molecule has 0 fully saturated rings. The molecule has 0 amide bonds. The van der Waals surface area contributed by atoms with E-state index in [2.05, 4.69) is 0 Å². The van der Waals surface area contributed by atoms with Crippen LogP contribution in [0, 0.1) is 0 Å². The average Bonchev–Trinajstić information content (AvgIpc) is 2.79. The number of nitrogens with zero attached hydrogens (tertiary/aromatic N) is 1. The smallest absolute Gasteiger partial charge is 0.235 e. The van der Waals surface area contributed by atoms with E-state index in [-0.39, 0.29) is 0 Å². The Hall–Kier alpha value is -1.59. The second-order valence-electron chi connectivity index (χ2n) is 4.09. The molecular weight excluding hydrogens is 250 g/mol. The predicted octanol–water partition coefficient (Wildman–Crippen LogP) is 2.01. The van der Waals surface area contributed by atoms with Gasteiger partial charge in [-0.05, 0) is 17.2 Å². The summed E-state index contributed by atoms with van der Waals surface area (Å²) in [5.41, 5.74) is 1.94. The van der Waals surface area contributed by atoms with E-state index in [0.717, 1.165) is 11.1 Å². The van der Waals surface area contributed by atoms with Crippen LogP contribution in [-0.2, 0) is 28.0 Å². The molecule has 2 aromatic rings. The average molecular weight is 265 g/mol. The summed E-state index contributed by atoms with van der Waals surface area (Å²) in [4.78, 5) is 0. The highest BCUT2D eigenvalue weighted by Gasteiger charge is 2.05. The van der Waals surface area contributed by atoms with Crippen LogP contribution in [0.25, 0.3) is 0 Å². The van der Waals surface area contributed by atoms with Crippen LogP contribution in [0.3, 0.4) is 0 Å². The Kier molecular flexibility index (Phi) is 3.84. The summed E-state index contributed by atoms with van der Waals surface area (Å²) in [7, 11) is -3.20. The first-order valence-corrected chi connectivity index (χ1v) is 7.39. The minimum absolute atomic E-state index is 0.400. The molecule has 0 aliphatic rings. The third-order valence-corrected chi connectivity index (χ3v) is 3.48. The van der Waals surface area contributed by atoms with Crippen LogP contribution in [0.1, 0.15) is 11.1 Å². The Bertz CT molecular complexity index is 602. The van der Waals surface area contributed by atoms with E-state index in [0.29, 0.717) is 13.2 Å². The van der Waals surface area contributed by atoms with Crippen LogP contribution >= 0.6 is 0 Å². The first-order chi connectivity index (χ1) is 8.55. The number of aromatic nitrogens is 1. The summed E-state index contributed by atoms with van der Waals surface area (Å²) in [6.07, 6.45) is 4.26. The molecule has 0 aliphatic heterocycles. The van der Waals surface area contributed by atoms with Crippen molar-refractivity contribution in [2.45, 2.75) is 13.2 Å². The van der Waals surface area contributed by atoms with Gasteiger partial charge in [-0.15, -0.1) is 0 Å². The number of ether oxygens (including phenoxy) is 1. The van der Waals surface area contributed by atoms with Gasteiger partial charge in [0.15, 0.2) is 0 Å². The molecule has 96 valence electrons. The molecular formula is C13H15NO3S. The van der Waals surface area contributed by atoms with E-state index in [9.17, 15) is 8.42 Å². The van der Waals surface area contributed by atoms with E-state index < -0.39 is 10.0 Å². The minimum atomic E-state index is -3.20. The summed E-state index contributed by atoms with van der Waals surface area (Å²) >= 11 is 0. The Morgan fingerprint density at radius 2 is 1.72 bits per heavy atom. The van der Waals surface area contributed by atoms with Gasteiger partial charge < -0.3 is 4.74 Å². The van der Waals surface area contributed by atoms with E-state index in [1.807, 2.05) is 30.3 Å². The number of hydrogen-bond donors (Lipinski definition) is 0. The summed E-state index contributed by atoms with van der Waals surface area (Å²) in [6, 6.07) is 11.6. The molecule has 0 radical (unpaired) electrons. The van der Waals surface area contributed by atoms with Crippen LogP contribution in [-0.4, -0.2) is 18.6 Å². The maximum absolute atomic E-state index is 11.3. The number of rotatable bonds is 5. The number of benzene rings is 1. The Labute approximate surface area is 107 Å². The van der Waals surface area contributed by atoms with Gasteiger partial charge in [0.25, 0.3) is 0 Å². The van der Waals surface area contributed by atoms with Crippen LogP contribution < -0.4 is 0 Å². The van der Waals surface area contributed by atoms with E-state index >= 15 is 0 Å². The quantitative estimate of drug-likeness (QED) is 0.831. The van der Waals surface area contributed by atoms with Crippen molar-refractivity contribution in [2.75, 3.05) is 6.26 Å². The highest BCUT2D eigenvalue weighted by Crippen LogP contribution is 2.08. The van der Waals surface area contributed by atoms with Crippen LogP contribution in [0.15, 0.2) is 48.8 Å². The normalized spacial score (nSPS) is 11.6. The van der Waals surface area contributed by atoms with E-state index in [1.165, 1.54) is 16.4 Å². The molecule has 1 heterocycles. The molecule has 0 saturated heterocycles. The van der Waals surface area contributed by atoms with Gasteiger partial charge in [0.1, 0.15) is 0 Å². The monoisotopic (exact) mass is 265 g/mol. The molecule has 5 heteroatoms. The van der Waals surface area contributed by atoms with Gasteiger partial charge in [-0.3, -0.25) is 3.97 Å². The second kappa shape index (κ2) is 5.37. The van der Waals surface area contributed by atoms with Crippen molar-refractivity contribution in [2.24, 2.45) is 0 Å². The van der Waals surface area contributed by atoms with Crippen molar-refractivity contribution in [3.05, 3.63) is 59.9 Å². The van der Waals surface area contributed by atoms with Gasteiger partial charge in [-0.25, -0.2) is 8.42 Å². The zero-order chi connectivity index (χ0) is 13.0. The second-order valence-corrected chi connectivity index (χ2v) is 5.98. The van der Waals surface area contributed by atoms with Crippen LogP contribution in [0.5, 0.6) is 0 Å². The lowest BCUT2D eigenvalue weighted by molar-refractivity contribution is 0.107. The highest BCUT2D eigenvalue weighted by atomic mass is 32.2. The SMILES string of the molecule is CS(=O)(=O)n1ccc(COCc2ccccc2)c1. The number of hydrogen-bond acceptors (Lipinski definition) is 3.